The van der Waals surface area contributed by atoms with Gasteiger partial charge in [0.05, 0.1) is 5.57 Å². The Bertz CT molecular complexity index is 908. The molecule has 2 amide bonds. The van der Waals surface area contributed by atoms with E-state index >= 15 is 0 Å². The number of imide groups is 1. The maximum absolute atomic E-state index is 13.3. The third-order valence-electron chi connectivity index (χ3n) is 5.22. The molecule has 2 aliphatic heterocycles. The average molecular weight is 428 g/mol. The predicted molar refractivity (Wildman–Crippen MR) is 115 cm³/mol. The summed E-state index contributed by atoms with van der Waals surface area (Å²) in [5, 5.41) is 1.93. The molecule has 2 aromatic rings. The number of ether oxygens (including phenoxy) is 1. The van der Waals surface area contributed by atoms with Crippen LogP contribution in [0.3, 0.4) is 0 Å². The first-order chi connectivity index (χ1) is 14.7. The molecule has 9 heteroatoms. The minimum atomic E-state index is -0.206. The molecular formula is C21H25N5O3S. The molecule has 0 spiro atoms. The van der Waals surface area contributed by atoms with E-state index in [9.17, 15) is 9.59 Å². The second-order valence-electron chi connectivity index (χ2n) is 7.04. The van der Waals surface area contributed by atoms with Crippen molar-refractivity contribution in [3.8, 4) is 0 Å². The number of thiophene rings is 1. The van der Waals surface area contributed by atoms with Gasteiger partial charge in [-0.3, -0.25) is 14.5 Å². The molecule has 0 unspecified atom stereocenters. The van der Waals surface area contributed by atoms with Gasteiger partial charge in [-0.15, -0.1) is 11.3 Å². The van der Waals surface area contributed by atoms with Crippen molar-refractivity contribution in [1.82, 2.24) is 19.8 Å². The smallest absolute Gasteiger partial charge is 0.277 e. The first-order valence-corrected chi connectivity index (χ1v) is 11.1. The number of hydrogen-bond donors (Lipinski definition) is 0. The van der Waals surface area contributed by atoms with Crippen LogP contribution in [0.1, 0.15) is 18.2 Å². The highest BCUT2D eigenvalue weighted by Crippen LogP contribution is 2.34. The number of anilines is 1. The SMILES string of the molecule is CCOCCCN1C(=O)C(c2cccs2)=C(N2CCN(c3ncccn3)CC2)C1=O. The topological polar surface area (TPSA) is 78.9 Å². The van der Waals surface area contributed by atoms with Crippen LogP contribution in [0, 0.1) is 0 Å². The number of aromatic nitrogens is 2. The Kier molecular flexibility index (Phi) is 6.39. The van der Waals surface area contributed by atoms with E-state index in [0.29, 0.717) is 69.6 Å². The standard InChI is InChI=1S/C21H25N5O3S/c1-2-29-14-5-9-26-19(27)17(16-6-3-15-30-16)18(20(26)28)24-10-12-25(13-11-24)21-22-7-4-8-23-21/h3-4,6-8,15H,2,5,9-14H2,1H3. The summed E-state index contributed by atoms with van der Waals surface area (Å²) in [6, 6.07) is 5.61. The van der Waals surface area contributed by atoms with Crippen molar-refractivity contribution < 1.29 is 14.3 Å². The van der Waals surface area contributed by atoms with Crippen molar-refractivity contribution >= 4 is 34.7 Å². The third kappa shape index (κ3) is 4.08. The second-order valence-corrected chi connectivity index (χ2v) is 7.98. The van der Waals surface area contributed by atoms with E-state index in [0.717, 1.165) is 4.88 Å². The Labute approximate surface area is 179 Å². The Morgan fingerprint density at radius 2 is 1.77 bits per heavy atom. The Balaban J connectivity index is 1.53. The van der Waals surface area contributed by atoms with Crippen LogP contribution < -0.4 is 4.90 Å². The molecule has 30 heavy (non-hydrogen) atoms. The molecule has 4 rings (SSSR count). The lowest BCUT2D eigenvalue weighted by molar-refractivity contribution is -0.137. The lowest BCUT2D eigenvalue weighted by atomic mass is 10.1. The fourth-order valence-electron chi connectivity index (χ4n) is 3.76. The molecule has 0 aromatic carbocycles. The van der Waals surface area contributed by atoms with Crippen LogP contribution in [0.15, 0.2) is 41.7 Å². The summed E-state index contributed by atoms with van der Waals surface area (Å²) in [6.07, 6.45) is 4.09. The maximum Gasteiger partial charge on any atom is 0.277 e. The largest absolute Gasteiger partial charge is 0.382 e. The van der Waals surface area contributed by atoms with Crippen LogP contribution in [-0.4, -0.2) is 77.5 Å². The van der Waals surface area contributed by atoms with Gasteiger partial charge in [0.15, 0.2) is 0 Å². The van der Waals surface area contributed by atoms with E-state index < -0.39 is 0 Å². The molecule has 1 fully saturated rings. The van der Waals surface area contributed by atoms with Gasteiger partial charge in [0.2, 0.25) is 5.95 Å². The van der Waals surface area contributed by atoms with Gasteiger partial charge in [0.25, 0.3) is 11.8 Å². The van der Waals surface area contributed by atoms with Crippen LogP contribution >= 0.6 is 11.3 Å². The van der Waals surface area contributed by atoms with Crippen molar-refractivity contribution in [2.24, 2.45) is 0 Å². The van der Waals surface area contributed by atoms with E-state index in [1.807, 2.05) is 29.3 Å². The first-order valence-electron chi connectivity index (χ1n) is 10.2. The summed E-state index contributed by atoms with van der Waals surface area (Å²) < 4.78 is 5.37. The van der Waals surface area contributed by atoms with Crippen LogP contribution in [-0.2, 0) is 14.3 Å². The Morgan fingerprint density at radius 3 is 2.43 bits per heavy atom. The van der Waals surface area contributed by atoms with E-state index in [2.05, 4.69) is 14.9 Å². The van der Waals surface area contributed by atoms with Crippen molar-refractivity contribution in [2.75, 3.05) is 50.8 Å². The zero-order valence-corrected chi connectivity index (χ0v) is 17.8. The molecule has 8 nitrogen and oxygen atoms in total. The molecule has 0 radical (unpaired) electrons. The number of rotatable bonds is 8. The summed E-state index contributed by atoms with van der Waals surface area (Å²) in [4.78, 5) is 41.4. The van der Waals surface area contributed by atoms with Gasteiger partial charge in [-0.05, 0) is 30.9 Å². The molecule has 0 bridgehead atoms. The molecule has 0 atom stereocenters. The second kappa shape index (κ2) is 9.36. The van der Waals surface area contributed by atoms with Crippen molar-refractivity contribution in [1.29, 1.82) is 0 Å². The number of hydrogen-bond acceptors (Lipinski definition) is 8. The molecule has 1 saturated heterocycles. The van der Waals surface area contributed by atoms with Gasteiger partial charge >= 0.3 is 0 Å². The minimum Gasteiger partial charge on any atom is -0.382 e. The van der Waals surface area contributed by atoms with Gasteiger partial charge in [0.1, 0.15) is 5.70 Å². The zero-order valence-electron chi connectivity index (χ0n) is 17.0. The maximum atomic E-state index is 13.3. The highest BCUT2D eigenvalue weighted by atomic mass is 32.1. The highest BCUT2D eigenvalue weighted by molar-refractivity contribution is 7.11. The molecule has 2 aromatic heterocycles. The van der Waals surface area contributed by atoms with Crippen molar-refractivity contribution in [3.63, 3.8) is 0 Å². The molecule has 0 aliphatic carbocycles. The van der Waals surface area contributed by atoms with E-state index in [4.69, 9.17) is 4.74 Å². The summed E-state index contributed by atoms with van der Waals surface area (Å²) >= 11 is 1.49. The minimum absolute atomic E-state index is 0.204. The highest BCUT2D eigenvalue weighted by Gasteiger charge is 2.42. The van der Waals surface area contributed by atoms with Gasteiger partial charge in [-0.1, -0.05) is 6.07 Å². The molecule has 0 N–H and O–H groups in total. The molecule has 4 heterocycles. The normalized spacial score (nSPS) is 17.4. The fraction of sp³-hybridized carbons (Fsp3) is 0.429. The lowest BCUT2D eigenvalue weighted by Gasteiger charge is -2.36. The summed E-state index contributed by atoms with van der Waals surface area (Å²) in [6.45, 7) is 6.11. The molecule has 0 saturated carbocycles. The van der Waals surface area contributed by atoms with Gasteiger partial charge < -0.3 is 14.5 Å². The quantitative estimate of drug-likeness (QED) is 0.470. The number of piperazine rings is 1. The third-order valence-corrected chi connectivity index (χ3v) is 6.10. The monoisotopic (exact) mass is 427 g/mol. The fourth-order valence-corrected chi connectivity index (χ4v) is 4.52. The Hall–Kier alpha value is -2.78. The van der Waals surface area contributed by atoms with Crippen LogP contribution in [0.2, 0.25) is 0 Å². The molecule has 158 valence electrons. The zero-order chi connectivity index (χ0) is 20.9. The van der Waals surface area contributed by atoms with Crippen LogP contribution in [0.4, 0.5) is 5.95 Å². The van der Waals surface area contributed by atoms with Gasteiger partial charge in [-0.25, -0.2) is 9.97 Å². The first kappa shape index (κ1) is 20.5. The van der Waals surface area contributed by atoms with Crippen LogP contribution in [0.25, 0.3) is 5.57 Å². The summed E-state index contributed by atoms with van der Waals surface area (Å²) in [5.74, 6) is 0.281. The molecule has 2 aliphatic rings. The van der Waals surface area contributed by atoms with E-state index in [1.54, 1.807) is 18.5 Å². The van der Waals surface area contributed by atoms with Gasteiger partial charge in [0, 0.05) is 63.2 Å². The van der Waals surface area contributed by atoms with Crippen molar-refractivity contribution in [3.05, 3.63) is 46.5 Å². The summed E-state index contributed by atoms with van der Waals surface area (Å²) in [7, 11) is 0. The van der Waals surface area contributed by atoms with E-state index in [1.165, 1.54) is 16.2 Å². The summed E-state index contributed by atoms with van der Waals surface area (Å²) in [5.41, 5.74) is 1.04. The predicted octanol–water partition coefficient (Wildman–Crippen LogP) is 1.87. The average Bonchev–Trinajstić information content (AvgIpc) is 3.39. The van der Waals surface area contributed by atoms with Gasteiger partial charge in [-0.2, -0.15) is 0 Å². The van der Waals surface area contributed by atoms with E-state index in [-0.39, 0.29) is 11.8 Å². The number of carbonyl (C=O) groups is 2. The van der Waals surface area contributed by atoms with Crippen LogP contribution in [0.5, 0.6) is 0 Å². The number of amides is 2. The number of nitrogens with zero attached hydrogens (tertiary/aromatic N) is 5. The molecular weight excluding hydrogens is 402 g/mol. The lowest BCUT2D eigenvalue weighted by Crippen LogP contribution is -2.48. The van der Waals surface area contributed by atoms with Crippen molar-refractivity contribution in [2.45, 2.75) is 13.3 Å². The number of carbonyl (C=O) groups excluding carboxylic acids is 2. The Morgan fingerprint density at radius 1 is 1.03 bits per heavy atom.